The van der Waals surface area contributed by atoms with E-state index in [1.807, 2.05) is 13.1 Å². The van der Waals surface area contributed by atoms with Crippen molar-refractivity contribution in [2.75, 3.05) is 65.2 Å². The third kappa shape index (κ3) is 6.14. The number of aromatic nitrogens is 2. The van der Waals surface area contributed by atoms with Gasteiger partial charge in [0.1, 0.15) is 18.2 Å². The Morgan fingerprint density at radius 3 is 2.55 bits per heavy atom. The zero-order chi connectivity index (χ0) is 14.8. The summed E-state index contributed by atoms with van der Waals surface area (Å²) in [7, 11) is 7.24. The van der Waals surface area contributed by atoms with Crippen LogP contribution in [0.25, 0.3) is 0 Å². The van der Waals surface area contributed by atoms with Crippen molar-refractivity contribution in [1.82, 2.24) is 14.9 Å². The summed E-state index contributed by atoms with van der Waals surface area (Å²) in [6.07, 6.45) is 0. The summed E-state index contributed by atoms with van der Waals surface area (Å²) in [5.41, 5.74) is 0. The van der Waals surface area contributed by atoms with Crippen LogP contribution >= 0.6 is 0 Å². The molecule has 1 rings (SSSR count). The first-order valence-corrected chi connectivity index (χ1v) is 6.65. The van der Waals surface area contributed by atoms with Gasteiger partial charge < -0.3 is 25.0 Å². The molecule has 0 saturated carbocycles. The van der Waals surface area contributed by atoms with Gasteiger partial charge in [-0.15, -0.1) is 0 Å². The van der Waals surface area contributed by atoms with Crippen LogP contribution in [0.1, 0.15) is 5.82 Å². The predicted octanol–water partition coefficient (Wildman–Crippen LogP) is 0.655. The quantitative estimate of drug-likeness (QED) is 0.653. The Morgan fingerprint density at radius 1 is 1.15 bits per heavy atom. The topological polar surface area (TPSA) is 71.5 Å². The molecule has 0 bridgehead atoms. The lowest BCUT2D eigenvalue weighted by Crippen LogP contribution is -2.28. The van der Waals surface area contributed by atoms with Gasteiger partial charge in [-0.3, -0.25) is 0 Å². The third-order valence-corrected chi connectivity index (χ3v) is 2.78. The van der Waals surface area contributed by atoms with E-state index in [1.165, 1.54) is 0 Å². The molecule has 0 aliphatic rings. The van der Waals surface area contributed by atoms with Crippen molar-refractivity contribution in [3.63, 3.8) is 0 Å². The highest BCUT2D eigenvalue weighted by molar-refractivity contribution is 5.47. The summed E-state index contributed by atoms with van der Waals surface area (Å²) in [5, 5.41) is 6.32. The molecule has 20 heavy (non-hydrogen) atoms. The second-order valence-corrected chi connectivity index (χ2v) is 4.46. The monoisotopic (exact) mass is 283 g/mol. The van der Waals surface area contributed by atoms with Gasteiger partial charge in [0.2, 0.25) is 0 Å². The van der Waals surface area contributed by atoms with Crippen molar-refractivity contribution < 1.29 is 9.47 Å². The molecule has 0 radical (unpaired) electrons. The molecule has 0 saturated heterocycles. The second kappa shape index (κ2) is 9.46. The standard InChI is InChI=1S/C13H25N5O2/c1-14-11-9-12(17-13(16-11)10-20-4)15-5-6-18(2)7-8-19-3/h9H,5-8,10H2,1-4H3,(H2,14,15,16,17). The average Bonchev–Trinajstić information content (AvgIpc) is 2.45. The zero-order valence-electron chi connectivity index (χ0n) is 12.8. The Balaban J connectivity index is 2.47. The second-order valence-electron chi connectivity index (χ2n) is 4.46. The van der Waals surface area contributed by atoms with E-state index in [4.69, 9.17) is 9.47 Å². The van der Waals surface area contributed by atoms with Crippen LogP contribution in [0.3, 0.4) is 0 Å². The molecular weight excluding hydrogens is 258 g/mol. The number of rotatable bonds is 10. The molecule has 0 fully saturated rings. The fraction of sp³-hybridized carbons (Fsp3) is 0.692. The molecule has 0 atom stereocenters. The van der Waals surface area contributed by atoms with Crippen LogP contribution in [-0.4, -0.2) is 69.4 Å². The van der Waals surface area contributed by atoms with Crippen LogP contribution in [-0.2, 0) is 16.1 Å². The summed E-state index contributed by atoms with van der Waals surface area (Å²) < 4.78 is 10.1. The van der Waals surface area contributed by atoms with E-state index in [9.17, 15) is 0 Å². The van der Waals surface area contributed by atoms with E-state index in [-0.39, 0.29) is 0 Å². The maximum absolute atomic E-state index is 5.07. The SMILES string of the molecule is CNc1cc(NCCN(C)CCOC)nc(COC)n1. The van der Waals surface area contributed by atoms with Gasteiger partial charge in [-0.25, -0.2) is 9.97 Å². The van der Waals surface area contributed by atoms with Gasteiger partial charge in [0.05, 0.1) is 6.61 Å². The lowest BCUT2D eigenvalue weighted by Gasteiger charge is -2.16. The lowest BCUT2D eigenvalue weighted by molar-refractivity contribution is 0.163. The van der Waals surface area contributed by atoms with Crippen LogP contribution in [0.2, 0.25) is 0 Å². The molecule has 2 N–H and O–H groups in total. The van der Waals surface area contributed by atoms with Crippen LogP contribution in [0.5, 0.6) is 0 Å². The van der Waals surface area contributed by atoms with Crippen LogP contribution in [0.4, 0.5) is 11.6 Å². The maximum atomic E-state index is 5.07. The van der Waals surface area contributed by atoms with Gasteiger partial charge >= 0.3 is 0 Å². The maximum Gasteiger partial charge on any atom is 0.158 e. The predicted molar refractivity (Wildman–Crippen MR) is 80.2 cm³/mol. The van der Waals surface area contributed by atoms with Crippen molar-refractivity contribution >= 4 is 11.6 Å². The Labute approximate surface area is 120 Å². The van der Waals surface area contributed by atoms with Gasteiger partial charge in [-0.05, 0) is 7.05 Å². The van der Waals surface area contributed by atoms with E-state index in [0.717, 1.165) is 37.9 Å². The highest BCUT2D eigenvalue weighted by atomic mass is 16.5. The molecular formula is C13H25N5O2. The number of ether oxygens (including phenoxy) is 2. The number of nitrogens with one attached hydrogen (secondary N) is 2. The molecule has 0 aliphatic heterocycles. The molecule has 0 amide bonds. The van der Waals surface area contributed by atoms with Gasteiger partial charge in [-0.1, -0.05) is 0 Å². The van der Waals surface area contributed by atoms with E-state index in [1.54, 1.807) is 14.2 Å². The average molecular weight is 283 g/mol. The van der Waals surface area contributed by atoms with Gasteiger partial charge in [0.25, 0.3) is 0 Å². The molecule has 7 heteroatoms. The molecule has 0 spiro atoms. The number of hydrogen-bond donors (Lipinski definition) is 2. The van der Waals surface area contributed by atoms with E-state index in [0.29, 0.717) is 12.4 Å². The van der Waals surface area contributed by atoms with Gasteiger partial charge in [0, 0.05) is 47.0 Å². The Hall–Kier alpha value is -1.44. The Morgan fingerprint density at radius 2 is 1.90 bits per heavy atom. The first-order valence-electron chi connectivity index (χ1n) is 6.65. The smallest absolute Gasteiger partial charge is 0.158 e. The van der Waals surface area contributed by atoms with Crippen molar-refractivity contribution in [3.8, 4) is 0 Å². The summed E-state index contributed by atoms with van der Waals surface area (Å²) >= 11 is 0. The molecule has 1 aromatic rings. The van der Waals surface area contributed by atoms with Crippen LogP contribution in [0, 0.1) is 0 Å². The third-order valence-electron chi connectivity index (χ3n) is 2.78. The van der Waals surface area contributed by atoms with E-state index in [2.05, 4.69) is 32.5 Å². The fourth-order valence-corrected chi connectivity index (χ4v) is 1.64. The molecule has 114 valence electrons. The number of methoxy groups -OCH3 is 2. The number of nitrogens with zero attached hydrogens (tertiary/aromatic N) is 3. The van der Waals surface area contributed by atoms with E-state index < -0.39 is 0 Å². The van der Waals surface area contributed by atoms with Crippen molar-refractivity contribution in [1.29, 1.82) is 0 Å². The molecule has 1 aromatic heterocycles. The first kappa shape index (κ1) is 16.6. The minimum Gasteiger partial charge on any atom is -0.383 e. The molecule has 7 nitrogen and oxygen atoms in total. The minimum absolute atomic E-state index is 0.401. The van der Waals surface area contributed by atoms with Crippen LogP contribution in [0.15, 0.2) is 6.07 Å². The fourth-order valence-electron chi connectivity index (χ4n) is 1.64. The largest absolute Gasteiger partial charge is 0.383 e. The summed E-state index contributed by atoms with van der Waals surface area (Å²) in [4.78, 5) is 10.9. The molecule has 0 unspecified atom stereocenters. The summed E-state index contributed by atoms with van der Waals surface area (Å²) in [5.74, 6) is 2.24. The van der Waals surface area contributed by atoms with Crippen LogP contribution < -0.4 is 10.6 Å². The Kier molecular flexibility index (Phi) is 7.86. The number of anilines is 2. The number of likely N-dealkylation sites (N-methyl/N-ethyl adjacent to an activating group) is 1. The van der Waals surface area contributed by atoms with Crippen molar-refractivity contribution in [2.45, 2.75) is 6.61 Å². The number of hydrogen-bond acceptors (Lipinski definition) is 7. The molecule has 0 aromatic carbocycles. The van der Waals surface area contributed by atoms with Crippen molar-refractivity contribution in [3.05, 3.63) is 11.9 Å². The normalized spacial score (nSPS) is 10.8. The summed E-state index contributed by atoms with van der Waals surface area (Å²) in [6, 6.07) is 1.88. The highest BCUT2D eigenvalue weighted by Gasteiger charge is 2.04. The minimum atomic E-state index is 0.401. The molecule has 0 aliphatic carbocycles. The lowest BCUT2D eigenvalue weighted by atomic mass is 10.4. The van der Waals surface area contributed by atoms with Gasteiger partial charge in [-0.2, -0.15) is 0 Å². The zero-order valence-corrected chi connectivity index (χ0v) is 12.8. The first-order chi connectivity index (χ1) is 9.69. The Bertz CT molecular complexity index is 389. The summed E-state index contributed by atoms with van der Waals surface area (Å²) in [6.45, 7) is 3.79. The van der Waals surface area contributed by atoms with Gasteiger partial charge in [0.15, 0.2) is 5.82 Å². The highest BCUT2D eigenvalue weighted by Crippen LogP contribution is 2.11. The van der Waals surface area contributed by atoms with Crippen molar-refractivity contribution in [2.24, 2.45) is 0 Å². The van der Waals surface area contributed by atoms with E-state index >= 15 is 0 Å². The molecule has 1 heterocycles.